The zero-order valence-corrected chi connectivity index (χ0v) is 11.0. The van der Waals surface area contributed by atoms with Gasteiger partial charge in [-0.15, -0.1) is 0 Å². The van der Waals surface area contributed by atoms with Crippen LogP contribution in [0.5, 0.6) is 0 Å². The summed E-state index contributed by atoms with van der Waals surface area (Å²) in [5.74, 6) is -2.34. The summed E-state index contributed by atoms with van der Waals surface area (Å²) in [5, 5.41) is 8.95. The van der Waals surface area contributed by atoms with Crippen LogP contribution in [0.2, 0.25) is 0 Å². The van der Waals surface area contributed by atoms with Crippen LogP contribution >= 0.6 is 0 Å². The molecule has 0 heterocycles. The lowest BCUT2D eigenvalue weighted by Crippen LogP contribution is -2.36. The molecule has 1 aromatic carbocycles. The van der Waals surface area contributed by atoms with E-state index >= 15 is 0 Å². The van der Waals surface area contributed by atoms with Crippen LogP contribution < -0.4 is 0 Å². The van der Waals surface area contributed by atoms with Gasteiger partial charge in [0.2, 0.25) is 5.91 Å². The molecule has 0 spiro atoms. The van der Waals surface area contributed by atoms with Crippen molar-refractivity contribution in [3.8, 4) is 0 Å². The standard InChI is InChI=1S/C14H19NO3/c1-4-12(14(17)18)13(16)15(3)9-11-7-5-10(2)6-8-11/h5-8,12H,4,9H2,1-3H3,(H,17,18). The summed E-state index contributed by atoms with van der Waals surface area (Å²) < 4.78 is 0. The molecule has 18 heavy (non-hydrogen) atoms. The highest BCUT2D eigenvalue weighted by atomic mass is 16.4. The summed E-state index contributed by atoms with van der Waals surface area (Å²) in [6.45, 7) is 4.13. The molecule has 1 unspecified atom stereocenters. The van der Waals surface area contributed by atoms with Crippen LogP contribution in [-0.2, 0) is 16.1 Å². The second-order valence-corrected chi connectivity index (χ2v) is 4.48. The van der Waals surface area contributed by atoms with Gasteiger partial charge < -0.3 is 10.0 Å². The number of carbonyl (C=O) groups excluding carboxylic acids is 1. The Morgan fingerprint density at radius 3 is 2.28 bits per heavy atom. The van der Waals surface area contributed by atoms with Crippen molar-refractivity contribution in [2.24, 2.45) is 5.92 Å². The van der Waals surface area contributed by atoms with E-state index in [0.717, 1.165) is 11.1 Å². The molecule has 0 aromatic heterocycles. The molecule has 4 heteroatoms. The topological polar surface area (TPSA) is 57.6 Å². The van der Waals surface area contributed by atoms with Gasteiger partial charge in [0, 0.05) is 13.6 Å². The molecule has 1 atom stereocenters. The van der Waals surface area contributed by atoms with E-state index in [0.29, 0.717) is 13.0 Å². The van der Waals surface area contributed by atoms with Gasteiger partial charge in [0.1, 0.15) is 5.92 Å². The summed E-state index contributed by atoms with van der Waals surface area (Å²) in [6.07, 6.45) is 0.312. The summed E-state index contributed by atoms with van der Waals surface area (Å²) >= 11 is 0. The van der Waals surface area contributed by atoms with Crippen molar-refractivity contribution in [3.63, 3.8) is 0 Å². The number of benzene rings is 1. The smallest absolute Gasteiger partial charge is 0.316 e. The maximum absolute atomic E-state index is 11.9. The van der Waals surface area contributed by atoms with Gasteiger partial charge in [0.15, 0.2) is 0 Å². The second-order valence-electron chi connectivity index (χ2n) is 4.48. The van der Waals surface area contributed by atoms with Crippen molar-refractivity contribution in [2.75, 3.05) is 7.05 Å². The second kappa shape index (κ2) is 6.19. The van der Waals surface area contributed by atoms with Crippen molar-refractivity contribution in [1.82, 2.24) is 4.90 Å². The fourth-order valence-corrected chi connectivity index (χ4v) is 1.77. The minimum atomic E-state index is -1.06. The zero-order valence-electron chi connectivity index (χ0n) is 11.0. The van der Waals surface area contributed by atoms with E-state index in [-0.39, 0.29) is 5.91 Å². The molecule has 0 fully saturated rings. The highest BCUT2D eigenvalue weighted by Crippen LogP contribution is 2.11. The Labute approximate surface area is 107 Å². The Balaban J connectivity index is 2.70. The molecule has 0 aliphatic heterocycles. The average Bonchev–Trinajstić information content (AvgIpc) is 2.32. The van der Waals surface area contributed by atoms with Gasteiger partial charge in [0.25, 0.3) is 0 Å². The maximum Gasteiger partial charge on any atom is 0.316 e. The molecule has 0 aliphatic carbocycles. The fourth-order valence-electron chi connectivity index (χ4n) is 1.77. The molecule has 0 radical (unpaired) electrons. The first kappa shape index (κ1) is 14.2. The van der Waals surface area contributed by atoms with Crippen LogP contribution in [-0.4, -0.2) is 28.9 Å². The largest absolute Gasteiger partial charge is 0.481 e. The molecular formula is C14H19NO3. The highest BCUT2D eigenvalue weighted by molar-refractivity contribution is 5.96. The number of rotatable bonds is 5. The van der Waals surface area contributed by atoms with Crippen molar-refractivity contribution in [3.05, 3.63) is 35.4 Å². The molecule has 1 rings (SSSR count). The molecule has 98 valence electrons. The molecule has 0 aliphatic rings. The molecule has 0 bridgehead atoms. The molecule has 1 N–H and O–H groups in total. The number of hydrogen-bond donors (Lipinski definition) is 1. The molecule has 4 nitrogen and oxygen atoms in total. The predicted octanol–water partition coefficient (Wildman–Crippen LogP) is 2.06. The third kappa shape index (κ3) is 3.58. The maximum atomic E-state index is 11.9. The first-order valence-electron chi connectivity index (χ1n) is 5.99. The van der Waals surface area contributed by atoms with E-state index in [9.17, 15) is 9.59 Å². The lowest BCUT2D eigenvalue weighted by Gasteiger charge is -2.20. The van der Waals surface area contributed by atoms with Crippen molar-refractivity contribution in [2.45, 2.75) is 26.8 Å². The summed E-state index contributed by atoms with van der Waals surface area (Å²) in [6, 6.07) is 7.84. The molecule has 1 amide bonds. The van der Waals surface area contributed by atoms with E-state index in [1.54, 1.807) is 14.0 Å². The number of carboxylic acids is 1. The SMILES string of the molecule is CCC(C(=O)O)C(=O)N(C)Cc1ccc(C)cc1. The Morgan fingerprint density at radius 2 is 1.83 bits per heavy atom. The molecular weight excluding hydrogens is 230 g/mol. The number of carbonyl (C=O) groups is 2. The van der Waals surface area contributed by atoms with Crippen molar-refractivity contribution >= 4 is 11.9 Å². The van der Waals surface area contributed by atoms with E-state index in [1.807, 2.05) is 31.2 Å². The number of hydrogen-bond acceptors (Lipinski definition) is 2. The number of aryl methyl sites for hydroxylation is 1. The Morgan fingerprint density at radius 1 is 1.28 bits per heavy atom. The minimum Gasteiger partial charge on any atom is -0.481 e. The predicted molar refractivity (Wildman–Crippen MR) is 69.1 cm³/mol. The first-order valence-corrected chi connectivity index (χ1v) is 5.99. The summed E-state index contributed by atoms with van der Waals surface area (Å²) in [4.78, 5) is 24.3. The van der Waals surface area contributed by atoms with Gasteiger partial charge in [-0.05, 0) is 18.9 Å². The number of aliphatic carboxylic acids is 1. The first-order chi connectivity index (χ1) is 8.45. The normalized spacial score (nSPS) is 11.9. The Kier molecular flexibility index (Phi) is 4.89. The van der Waals surface area contributed by atoms with Crippen molar-refractivity contribution in [1.29, 1.82) is 0 Å². The molecule has 1 aromatic rings. The van der Waals surface area contributed by atoms with Crippen LogP contribution in [0.4, 0.5) is 0 Å². The molecule has 0 saturated heterocycles. The minimum absolute atomic E-state index is 0.312. The quantitative estimate of drug-likeness (QED) is 0.813. The average molecular weight is 249 g/mol. The summed E-state index contributed by atoms with van der Waals surface area (Å²) in [7, 11) is 1.63. The van der Waals surface area contributed by atoms with Crippen LogP contribution in [0.3, 0.4) is 0 Å². The van der Waals surface area contributed by atoms with Crippen molar-refractivity contribution < 1.29 is 14.7 Å². The zero-order chi connectivity index (χ0) is 13.7. The highest BCUT2D eigenvalue weighted by Gasteiger charge is 2.26. The van der Waals surface area contributed by atoms with E-state index in [4.69, 9.17) is 5.11 Å². The van der Waals surface area contributed by atoms with Crippen LogP contribution in [0, 0.1) is 12.8 Å². The monoisotopic (exact) mass is 249 g/mol. The summed E-state index contributed by atoms with van der Waals surface area (Å²) in [5.41, 5.74) is 2.15. The van der Waals surface area contributed by atoms with Gasteiger partial charge in [0.05, 0.1) is 0 Å². The van der Waals surface area contributed by atoms with Gasteiger partial charge in [-0.2, -0.15) is 0 Å². The third-order valence-electron chi connectivity index (χ3n) is 2.92. The van der Waals surface area contributed by atoms with E-state index < -0.39 is 11.9 Å². The molecule has 0 saturated carbocycles. The Bertz CT molecular complexity index is 425. The lowest BCUT2D eigenvalue weighted by molar-refractivity contribution is -0.150. The number of nitrogens with zero attached hydrogens (tertiary/aromatic N) is 1. The van der Waals surface area contributed by atoms with Crippen LogP contribution in [0.1, 0.15) is 24.5 Å². The fraction of sp³-hybridized carbons (Fsp3) is 0.429. The number of carboxylic acid groups (broad SMARTS) is 1. The van der Waals surface area contributed by atoms with Crippen LogP contribution in [0.25, 0.3) is 0 Å². The van der Waals surface area contributed by atoms with Crippen LogP contribution in [0.15, 0.2) is 24.3 Å². The van der Waals surface area contributed by atoms with Gasteiger partial charge in [-0.25, -0.2) is 0 Å². The Hall–Kier alpha value is -1.84. The lowest BCUT2D eigenvalue weighted by atomic mass is 10.1. The number of amides is 1. The third-order valence-corrected chi connectivity index (χ3v) is 2.92. The van der Waals surface area contributed by atoms with Gasteiger partial charge in [-0.3, -0.25) is 9.59 Å². The van der Waals surface area contributed by atoms with E-state index in [2.05, 4.69) is 0 Å². The van der Waals surface area contributed by atoms with Gasteiger partial charge in [-0.1, -0.05) is 36.8 Å². The van der Waals surface area contributed by atoms with E-state index in [1.165, 1.54) is 4.90 Å². The van der Waals surface area contributed by atoms with Gasteiger partial charge >= 0.3 is 5.97 Å².